The number of carboxylic acid groups (broad SMARTS) is 3. The van der Waals surface area contributed by atoms with Gasteiger partial charge in [-0.25, -0.2) is 4.79 Å². The molecule has 0 rings (SSSR count). The Morgan fingerprint density at radius 3 is 1.25 bits per heavy atom. The second kappa shape index (κ2) is 8.01. The van der Waals surface area contributed by atoms with Crippen LogP contribution in [0, 0.1) is 27.6 Å². The van der Waals surface area contributed by atoms with E-state index in [2.05, 4.69) is 0 Å². The van der Waals surface area contributed by atoms with Crippen molar-refractivity contribution in [2.24, 2.45) is 27.6 Å². The lowest BCUT2D eigenvalue weighted by molar-refractivity contribution is -0.254. The third kappa shape index (κ3) is 3.42. The fourth-order valence-electron chi connectivity index (χ4n) is 5.00. The molecule has 4 N–H and O–H groups in total. The number of aliphatic carboxylic acids is 3. The lowest BCUT2D eigenvalue weighted by Crippen LogP contribution is -2.75. The minimum Gasteiger partial charge on any atom is -0.481 e. The van der Waals surface area contributed by atoms with Gasteiger partial charge in [0.2, 0.25) is 0 Å². The molecule has 0 aromatic heterocycles. The fraction of sp³-hybridized carbons (Fsp3) is 0.857. The molecule has 0 aliphatic rings. The maximum atomic E-state index is 12.9. The average molecular weight is 403 g/mol. The molecule has 0 heterocycles. The van der Waals surface area contributed by atoms with Crippen molar-refractivity contribution in [2.75, 3.05) is 0 Å². The molecule has 0 aromatic rings. The van der Waals surface area contributed by atoms with Crippen molar-refractivity contribution >= 4 is 17.9 Å². The van der Waals surface area contributed by atoms with Crippen LogP contribution in [-0.2, 0) is 14.4 Å². The molecule has 0 aliphatic carbocycles. The van der Waals surface area contributed by atoms with E-state index in [1.807, 2.05) is 0 Å². The van der Waals surface area contributed by atoms with Gasteiger partial charge >= 0.3 is 17.9 Å². The highest BCUT2D eigenvalue weighted by atomic mass is 16.4. The summed E-state index contributed by atoms with van der Waals surface area (Å²) in [4.78, 5) is 37.9. The molecular formula is C21H38O7. The predicted molar refractivity (Wildman–Crippen MR) is 106 cm³/mol. The van der Waals surface area contributed by atoms with Crippen molar-refractivity contribution in [2.45, 2.75) is 87.2 Å². The van der Waals surface area contributed by atoms with Gasteiger partial charge in [0.1, 0.15) is 11.3 Å². The summed E-state index contributed by atoms with van der Waals surface area (Å²) >= 11 is 0. The Morgan fingerprint density at radius 1 is 0.714 bits per heavy atom. The summed E-state index contributed by atoms with van der Waals surface area (Å²) in [6, 6.07) is 0. The smallest absolute Gasteiger partial charge is 0.337 e. The first-order valence-electron chi connectivity index (χ1n) is 9.80. The zero-order valence-corrected chi connectivity index (χ0v) is 18.7. The van der Waals surface area contributed by atoms with Crippen molar-refractivity contribution in [3.8, 4) is 0 Å². The van der Waals surface area contributed by atoms with E-state index in [9.17, 15) is 34.8 Å². The second-order valence-electron chi connectivity index (χ2n) is 9.71. The zero-order valence-electron chi connectivity index (χ0n) is 18.7. The summed E-state index contributed by atoms with van der Waals surface area (Å²) < 4.78 is 0. The summed E-state index contributed by atoms with van der Waals surface area (Å²) in [6.45, 7) is 14.6. The molecule has 0 saturated heterocycles. The van der Waals surface area contributed by atoms with Crippen LogP contribution in [0.2, 0.25) is 0 Å². The van der Waals surface area contributed by atoms with Gasteiger partial charge in [0.25, 0.3) is 0 Å². The molecule has 7 heteroatoms. The van der Waals surface area contributed by atoms with Crippen LogP contribution in [0.4, 0.5) is 0 Å². The van der Waals surface area contributed by atoms with Gasteiger partial charge < -0.3 is 20.4 Å². The van der Waals surface area contributed by atoms with Crippen LogP contribution in [0.1, 0.15) is 81.6 Å². The van der Waals surface area contributed by atoms with Gasteiger partial charge in [-0.1, -0.05) is 68.7 Å². The van der Waals surface area contributed by atoms with Gasteiger partial charge in [-0.3, -0.25) is 9.59 Å². The van der Waals surface area contributed by atoms with Crippen molar-refractivity contribution in [1.29, 1.82) is 0 Å². The van der Waals surface area contributed by atoms with Crippen LogP contribution < -0.4 is 0 Å². The Bertz CT molecular complexity index is 602. The molecule has 7 nitrogen and oxygen atoms in total. The Balaban J connectivity index is 7.80. The normalized spacial score (nSPS) is 16.9. The molecule has 0 aliphatic heterocycles. The number of hydrogen-bond donors (Lipinski definition) is 4. The molecule has 0 saturated carbocycles. The Hall–Kier alpha value is -1.63. The molecule has 164 valence electrons. The Kier molecular flexibility index (Phi) is 7.54. The standard InChI is InChI=1S/C21H38O7/c1-10-17(4,5)13(14(22)23)20(28,15(24)25)21(16(26)27,18(6,7)11-2)19(8,9)12-3/h13,28H,10-12H2,1-9H3,(H,22,23)(H,24,25)(H,26,27). The topological polar surface area (TPSA) is 132 Å². The zero-order chi connectivity index (χ0) is 22.9. The van der Waals surface area contributed by atoms with Crippen LogP contribution in [-0.4, -0.2) is 43.9 Å². The van der Waals surface area contributed by atoms with E-state index in [1.54, 1.807) is 62.3 Å². The summed E-state index contributed by atoms with van der Waals surface area (Å²) in [5.74, 6) is -6.70. The number of rotatable bonds is 11. The van der Waals surface area contributed by atoms with E-state index in [1.165, 1.54) is 0 Å². The Labute approximate surface area is 168 Å². The van der Waals surface area contributed by atoms with Crippen molar-refractivity contribution in [3.05, 3.63) is 0 Å². The summed E-state index contributed by atoms with van der Waals surface area (Å²) in [7, 11) is 0. The van der Waals surface area contributed by atoms with Crippen LogP contribution in [0.15, 0.2) is 0 Å². The lowest BCUT2D eigenvalue weighted by Gasteiger charge is -2.61. The third-order valence-corrected chi connectivity index (χ3v) is 7.37. The van der Waals surface area contributed by atoms with Crippen molar-refractivity contribution in [1.82, 2.24) is 0 Å². The van der Waals surface area contributed by atoms with Gasteiger partial charge in [-0.05, 0) is 29.1 Å². The number of carboxylic acids is 3. The highest BCUT2D eigenvalue weighted by Gasteiger charge is 2.77. The first kappa shape index (κ1) is 26.4. The van der Waals surface area contributed by atoms with Crippen molar-refractivity contribution < 1.29 is 34.8 Å². The SMILES string of the molecule is CCC(C)(C)C(C(=O)O)C(O)(C(=O)O)C(C(=O)O)(C(C)(C)CC)C(C)(C)CC. The molecule has 28 heavy (non-hydrogen) atoms. The molecule has 0 bridgehead atoms. The van der Waals surface area contributed by atoms with Crippen LogP contribution >= 0.6 is 0 Å². The highest BCUT2D eigenvalue weighted by Crippen LogP contribution is 2.64. The summed E-state index contributed by atoms with van der Waals surface area (Å²) in [5.41, 5.74) is -8.97. The molecular weight excluding hydrogens is 364 g/mol. The van der Waals surface area contributed by atoms with E-state index >= 15 is 0 Å². The van der Waals surface area contributed by atoms with E-state index < -0.39 is 51.1 Å². The first-order chi connectivity index (χ1) is 12.4. The van der Waals surface area contributed by atoms with Crippen LogP contribution in [0.25, 0.3) is 0 Å². The van der Waals surface area contributed by atoms with Gasteiger partial charge in [-0.2, -0.15) is 0 Å². The maximum absolute atomic E-state index is 12.9. The lowest BCUT2D eigenvalue weighted by atomic mass is 9.41. The average Bonchev–Trinajstić information content (AvgIpc) is 2.53. The fourth-order valence-corrected chi connectivity index (χ4v) is 5.00. The van der Waals surface area contributed by atoms with E-state index in [0.717, 1.165) is 0 Å². The third-order valence-electron chi connectivity index (χ3n) is 7.37. The minimum absolute atomic E-state index is 0.233. The molecule has 2 unspecified atom stereocenters. The monoisotopic (exact) mass is 402 g/mol. The van der Waals surface area contributed by atoms with Crippen LogP contribution in [0.5, 0.6) is 0 Å². The van der Waals surface area contributed by atoms with Gasteiger partial charge in [0.05, 0.1) is 0 Å². The van der Waals surface area contributed by atoms with Crippen LogP contribution in [0.3, 0.4) is 0 Å². The van der Waals surface area contributed by atoms with E-state index in [4.69, 9.17) is 0 Å². The summed E-state index contributed by atoms with van der Waals surface area (Å²) in [6.07, 6.45) is 0.711. The predicted octanol–water partition coefficient (Wildman–Crippen LogP) is 3.88. The van der Waals surface area contributed by atoms with E-state index in [0.29, 0.717) is 0 Å². The molecule has 0 amide bonds. The van der Waals surface area contributed by atoms with Gasteiger partial charge in [0.15, 0.2) is 5.60 Å². The first-order valence-corrected chi connectivity index (χ1v) is 9.80. The number of carbonyl (C=O) groups is 3. The minimum atomic E-state index is -3.05. The quantitative estimate of drug-likeness (QED) is 0.412. The Morgan fingerprint density at radius 2 is 1.07 bits per heavy atom. The second-order valence-corrected chi connectivity index (χ2v) is 9.71. The van der Waals surface area contributed by atoms with E-state index in [-0.39, 0.29) is 19.3 Å². The number of aliphatic hydroxyl groups is 1. The van der Waals surface area contributed by atoms with Crippen molar-refractivity contribution in [3.63, 3.8) is 0 Å². The molecule has 0 radical (unpaired) electrons. The summed E-state index contributed by atoms with van der Waals surface area (Å²) in [5, 5.41) is 42.6. The largest absolute Gasteiger partial charge is 0.481 e. The highest BCUT2D eigenvalue weighted by molar-refractivity contribution is 5.94. The number of hydrogen-bond acceptors (Lipinski definition) is 4. The maximum Gasteiger partial charge on any atom is 0.337 e. The molecule has 2 atom stereocenters. The van der Waals surface area contributed by atoms with Gasteiger partial charge in [0, 0.05) is 0 Å². The molecule has 0 fully saturated rings. The van der Waals surface area contributed by atoms with Gasteiger partial charge in [-0.15, -0.1) is 0 Å². The molecule has 0 aromatic carbocycles. The molecule has 0 spiro atoms.